The second-order valence-corrected chi connectivity index (χ2v) is 24.4. The molecule has 3 nitrogen and oxygen atoms in total. The van der Waals surface area contributed by atoms with Crippen molar-refractivity contribution in [2.75, 3.05) is 9.71 Å². The van der Waals surface area contributed by atoms with Crippen LogP contribution in [0, 0.1) is 6.92 Å². The molecule has 3 heterocycles. The van der Waals surface area contributed by atoms with Crippen molar-refractivity contribution >= 4 is 68.1 Å². The van der Waals surface area contributed by atoms with Crippen LogP contribution in [0.2, 0.25) is 0 Å². The maximum Gasteiger partial charge on any atom is 0.333 e. The summed E-state index contributed by atoms with van der Waals surface area (Å²) in [7, 11) is 0. The monoisotopic (exact) mass is 877 g/mol. The minimum atomic E-state index is -0.122. The molecule has 0 saturated heterocycles. The molecule has 67 heavy (non-hydrogen) atoms. The van der Waals surface area contributed by atoms with Crippen LogP contribution in [0.4, 0.5) is 28.4 Å². The van der Waals surface area contributed by atoms with Crippen LogP contribution in [-0.4, -0.2) is 6.85 Å². The number of benzene rings is 7. The topological polar surface area (TPSA) is 19.6 Å². The Balaban J connectivity index is 1.23. The lowest BCUT2D eigenvalue weighted by Gasteiger charge is -2.48. The van der Waals surface area contributed by atoms with Crippen LogP contribution < -0.4 is 20.6 Å². The van der Waals surface area contributed by atoms with Gasteiger partial charge in [-0.2, -0.15) is 0 Å². The van der Waals surface area contributed by atoms with Crippen LogP contribution in [0.5, 0.6) is 0 Å². The minimum absolute atomic E-state index is 0.0446. The number of hydrogen-bond donors (Lipinski definition) is 0. The Hall–Kier alpha value is -6.00. The quantitative estimate of drug-likeness (QED) is 0.165. The fourth-order valence-corrected chi connectivity index (χ4v) is 12.6. The van der Waals surface area contributed by atoms with Crippen molar-refractivity contribution in [1.29, 1.82) is 0 Å². The zero-order chi connectivity index (χ0) is 46.7. The van der Waals surface area contributed by atoms with E-state index >= 15 is 0 Å². The number of anilines is 5. The predicted molar refractivity (Wildman–Crippen MR) is 287 cm³/mol. The zero-order valence-corrected chi connectivity index (χ0v) is 41.8. The lowest BCUT2D eigenvalue weighted by atomic mass is 9.43. The van der Waals surface area contributed by atoms with Gasteiger partial charge in [-0.1, -0.05) is 155 Å². The van der Waals surface area contributed by atoms with Gasteiger partial charge in [-0.15, -0.1) is 0 Å². The van der Waals surface area contributed by atoms with Gasteiger partial charge in [0.2, 0.25) is 0 Å². The molecule has 0 radical (unpaired) electrons. The molecular formula is C63H65BN2O. The zero-order valence-electron chi connectivity index (χ0n) is 41.8. The van der Waals surface area contributed by atoms with Crippen LogP contribution in [-0.2, 0) is 27.1 Å². The first-order valence-corrected chi connectivity index (χ1v) is 25.0. The molecule has 0 spiro atoms. The maximum absolute atomic E-state index is 6.78. The van der Waals surface area contributed by atoms with E-state index in [-0.39, 0.29) is 33.9 Å². The molecule has 4 heteroatoms. The van der Waals surface area contributed by atoms with Gasteiger partial charge in [-0.3, -0.25) is 0 Å². The Morgan fingerprint density at radius 3 is 1.84 bits per heavy atom. The molecule has 0 saturated carbocycles. The Morgan fingerprint density at radius 2 is 1.13 bits per heavy atom. The van der Waals surface area contributed by atoms with E-state index in [0.717, 1.165) is 28.4 Å². The summed E-state index contributed by atoms with van der Waals surface area (Å²) in [5.74, 6) is 0. The van der Waals surface area contributed by atoms with E-state index in [0.29, 0.717) is 0 Å². The number of fused-ring (bicyclic) bond motifs is 9. The maximum atomic E-state index is 6.78. The Kier molecular flexibility index (Phi) is 8.87. The van der Waals surface area contributed by atoms with Gasteiger partial charge in [0.1, 0.15) is 11.2 Å². The summed E-state index contributed by atoms with van der Waals surface area (Å²) in [6.07, 6.45) is 4.70. The molecule has 0 amide bonds. The van der Waals surface area contributed by atoms with Gasteiger partial charge in [-0.25, -0.2) is 0 Å². The first-order chi connectivity index (χ1) is 31.7. The van der Waals surface area contributed by atoms with Crippen LogP contribution >= 0.6 is 0 Å². The molecule has 7 aromatic carbocycles. The third kappa shape index (κ3) is 6.30. The Bertz CT molecular complexity index is 3380. The third-order valence-corrected chi connectivity index (χ3v) is 17.0. The van der Waals surface area contributed by atoms with Crippen molar-refractivity contribution in [2.24, 2.45) is 0 Å². The molecule has 8 aromatic rings. The number of hydrogen-bond acceptors (Lipinski definition) is 3. The molecule has 4 aliphatic rings. The highest BCUT2D eigenvalue weighted by Gasteiger charge is 2.48. The normalized spacial score (nSPS) is 18.3. The van der Waals surface area contributed by atoms with E-state index in [9.17, 15) is 0 Å². The highest BCUT2D eigenvalue weighted by atomic mass is 16.3. The molecule has 1 aromatic heterocycles. The van der Waals surface area contributed by atoms with Crippen molar-refractivity contribution in [3.8, 4) is 22.3 Å². The highest BCUT2D eigenvalue weighted by Crippen LogP contribution is 2.54. The second-order valence-electron chi connectivity index (χ2n) is 24.4. The van der Waals surface area contributed by atoms with Crippen LogP contribution in [0.3, 0.4) is 0 Å². The Labute approximate surface area is 399 Å². The molecule has 12 rings (SSSR count). The fourth-order valence-electron chi connectivity index (χ4n) is 12.6. The number of nitrogens with zero attached hydrogens (tertiary/aromatic N) is 2. The van der Waals surface area contributed by atoms with E-state index in [1.165, 1.54) is 114 Å². The molecule has 0 N–H and O–H groups in total. The molecule has 0 bridgehead atoms. The van der Waals surface area contributed by atoms with Gasteiger partial charge < -0.3 is 14.1 Å². The number of para-hydroxylation sites is 1. The van der Waals surface area contributed by atoms with E-state index in [2.05, 4.69) is 220 Å². The molecule has 2 aliphatic carbocycles. The Morgan fingerprint density at radius 1 is 0.493 bits per heavy atom. The fraction of sp³-hybridized carbons (Fsp3) is 0.333. The molecule has 0 unspecified atom stereocenters. The van der Waals surface area contributed by atoms with E-state index in [1.807, 2.05) is 0 Å². The van der Waals surface area contributed by atoms with Gasteiger partial charge in [0, 0.05) is 44.8 Å². The van der Waals surface area contributed by atoms with Crippen molar-refractivity contribution < 1.29 is 4.42 Å². The van der Waals surface area contributed by atoms with Gasteiger partial charge in [-0.05, 0) is 169 Å². The predicted octanol–water partition coefficient (Wildman–Crippen LogP) is 16.3. The van der Waals surface area contributed by atoms with Gasteiger partial charge in [0.15, 0.2) is 0 Å². The van der Waals surface area contributed by atoms with E-state index in [4.69, 9.17) is 4.42 Å². The molecule has 0 atom stereocenters. The van der Waals surface area contributed by atoms with Crippen molar-refractivity contribution in [3.63, 3.8) is 0 Å². The summed E-state index contributed by atoms with van der Waals surface area (Å²) in [4.78, 5) is 5.40. The molecule has 0 fully saturated rings. The summed E-state index contributed by atoms with van der Waals surface area (Å²) in [6, 6.07) is 49.4. The third-order valence-electron chi connectivity index (χ3n) is 17.0. The van der Waals surface area contributed by atoms with Crippen LogP contribution in [0.1, 0.15) is 135 Å². The summed E-state index contributed by atoms with van der Waals surface area (Å²) >= 11 is 0. The van der Waals surface area contributed by atoms with Crippen LogP contribution in [0.25, 0.3) is 44.2 Å². The number of aryl methyl sites for hydroxylation is 1. The first-order valence-electron chi connectivity index (χ1n) is 25.0. The summed E-state index contributed by atoms with van der Waals surface area (Å²) in [5.41, 5.74) is 24.5. The van der Waals surface area contributed by atoms with E-state index in [1.54, 1.807) is 0 Å². The van der Waals surface area contributed by atoms with Gasteiger partial charge >= 0.3 is 6.85 Å². The lowest BCUT2D eigenvalue weighted by molar-refractivity contribution is 0.332. The van der Waals surface area contributed by atoms with Gasteiger partial charge in [0.25, 0.3) is 0 Å². The lowest BCUT2D eigenvalue weighted by Crippen LogP contribution is -2.61. The van der Waals surface area contributed by atoms with Gasteiger partial charge in [0.05, 0.1) is 0 Å². The van der Waals surface area contributed by atoms with Crippen molar-refractivity contribution in [2.45, 2.75) is 136 Å². The largest absolute Gasteiger partial charge is 0.456 e. The molecular weight excluding hydrogens is 812 g/mol. The van der Waals surface area contributed by atoms with Crippen LogP contribution in [0.15, 0.2) is 132 Å². The smallest absolute Gasteiger partial charge is 0.333 e. The summed E-state index contributed by atoms with van der Waals surface area (Å²) in [5, 5.41) is 2.31. The average molecular weight is 877 g/mol. The molecule has 2 aliphatic heterocycles. The minimum Gasteiger partial charge on any atom is -0.456 e. The summed E-state index contributed by atoms with van der Waals surface area (Å²) < 4.78 is 6.78. The first kappa shape index (κ1) is 42.4. The SMILES string of the molecule is Cc1cc2c(cc1N1c3ccc(-c4ccccc4)cc3B3c4c(cc(C(C)(C)C)cc41)-c1cc4oc5ccccc5c4cc1N3c1ccc3c(c1)C(C)(C)CCC3(C)C)C(C)(C)CCC2(C)C. The summed E-state index contributed by atoms with van der Waals surface area (Å²) in [6.45, 7) is 29.0. The number of furan rings is 1. The van der Waals surface area contributed by atoms with Crippen molar-refractivity contribution in [3.05, 3.63) is 161 Å². The van der Waals surface area contributed by atoms with E-state index < -0.39 is 0 Å². The highest BCUT2D eigenvalue weighted by molar-refractivity contribution is 6.93. The average Bonchev–Trinajstić information content (AvgIpc) is 3.66. The van der Waals surface area contributed by atoms with Crippen molar-refractivity contribution in [1.82, 2.24) is 0 Å². The standard InChI is InChI=1S/C63H65BN2O/c1-38-30-48-50(63(11,12)29-28-61(48,7)8)37-53(38)65-52-25-22-40(39-18-14-13-15-19-39)31-51(52)64-58-46(32-41(33-55(58)65)59(2,3)4)44-36-57-45(43-20-16-17-21-56(43)67-57)35-54(44)66(64)42-23-24-47-49(34-42)62(9,10)27-26-60(47,5)6/h13-25,30-37H,26-29H2,1-12H3. The second kappa shape index (κ2) is 14.0. The number of rotatable bonds is 3. The molecule has 336 valence electrons.